The molecule has 5 atom stereocenters. The van der Waals surface area contributed by atoms with Crippen molar-refractivity contribution in [3.05, 3.63) is 35.9 Å². The van der Waals surface area contributed by atoms with Gasteiger partial charge in [0.2, 0.25) is 0 Å². The Hall–Kier alpha value is -1.77. The Labute approximate surface area is 133 Å². The molecule has 5 N–H and O–H groups in total. The molecule has 23 heavy (non-hydrogen) atoms. The minimum absolute atomic E-state index is 0.120. The highest BCUT2D eigenvalue weighted by atomic mass is 16.5. The van der Waals surface area contributed by atoms with Crippen LogP contribution in [0, 0.1) is 0 Å². The average molecular weight is 324 g/mol. The zero-order chi connectivity index (χ0) is 17.0. The molecule has 0 aromatic heterocycles. The predicted octanol–water partition coefficient (Wildman–Crippen LogP) is -0.793. The summed E-state index contributed by atoms with van der Waals surface area (Å²) in [5, 5.41) is 47.5. The Morgan fingerprint density at radius 1 is 1.04 bits per heavy atom. The molecule has 126 valence electrons. The second-order valence-electron chi connectivity index (χ2n) is 5.46. The fourth-order valence-corrected chi connectivity index (χ4v) is 2.39. The third kappa shape index (κ3) is 4.37. The number of carbonyl (C=O) groups is 1. The number of aromatic hydroxyl groups is 1. The SMILES string of the molecule is O=C(/C=C/c1ccc(O)cc1)CC1OC(CO)C(O)[C@H](O)[C@@H]1O. The highest BCUT2D eigenvalue weighted by Crippen LogP contribution is 2.23. The molecule has 7 heteroatoms. The number of rotatable bonds is 5. The molecule has 2 rings (SSSR count). The Morgan fingerprint density at radius 2 is 1.65 bits per heavy atom. The van der Waals surface area contributed by atoms with Crippen LogP contribution in [0.25, 0.3) is 6.08 Å². The van der Waals surface area contributed by atoms with Crippen LogP contribution in [0.2, 0.25) is 0 Å². The van der Waals surface area contributed by atoms with Gasteiger partial charge in [-0.25, -0.2) is 0 Å². The molecule has 0 radical (unpaired) electrons. The number of ether oxygens (including phenoxy) is 1. The molecular formula is C16H20O7. The maximum absolute atomic E-state index is 11.9. The van der Waals surface area contributed by atoms with Gasteiger partial charge in [0.1, 0.15) is 30.2 Å². The van der Waals surface area contributed by atoms with Gasteiger partial charge in [-0.15, -0.1) is 0 Å². The maximum atomic E-state index is 11.9. The summed E-state index contributed by atoms with van der Waals surface area (Å²) in [7, 11) is 0. The summed E-state index contributed by atoms with van der Waals surface area (Å²) in [6.07, 6.45) is -3.72. The largest absolute Gasteiger partial charge is 0.508 e. The first kappa shape index (κ1) is 17.6. The number of allylic oxidation sites excluding steroid dienone is 1. The van der Waals surface area contributed by atoms with Crippen molar-refractivity contribution >= 4 is 11.9 Å². The van der Waals surface area contributed by atoms with Gasteiger partial charge >= 0.3 is 0 Å². The molecule has 1 aromatic carbocycles. The number of carbonyl (C=O) groups excluding carboxylic acids is 1. The van der Waals surface area contributed by atoms with Crippen LogP contribution < -0.4 is 0 Å². The molecule has 0 amide bonds. The van der Waals surface area contributed by atoms with E-state index in [1.54, 1.807) is 18.2 Å². The second-order valence-corrected chi connectivity index (χ2v) is 5.46. The zero-order valence-electron chi connectivity index (χ0n) is 12.3. The third-order valence-electron chi connectivity index (χ3n) is 3.75. The summed E-state index contributed by atoms with van der Waals surface area (Å²) >= 11 is 0. The zero-order valence-corrected chi connectivity index (χ0v) is 12.3. The van der Waals surface area contributed by atoms with E-state index in [1.165, 1.54) is 18.2 Å². The van der Waals surface area contributed by atoms with Crippen molar-refractivity contribution in [3.63, 3.8) is 0 Å². The van der Waals surface area contributed by atoms with Crippen molar-refractivity contribution in [2.24, 2.45) is 0 Å². The third-order valence-corrected chi connectivity index (χ3v) is 3.75. The fourth-order valence-electron chi connectivity index (χ4n) is 2.39. The van der Waals surface area contributed by atoms with Gasteiger partial charge in [-0.3, -0.25) is 4.79 Å². The molecule has 0 bridgehead atoms. The molecule has 0 spiro atoms. The van der Waals surface area contributed by atoms with Gasteiger partial charge in [-0.1, -0.05) is 18.2 Å². The number of aliphatic hydroxyl groups excluding tert-OH is 4. The van der Waals surface area contributed by atoms with Gasteiger partial charge in [0, 0.05) is 6.42 Å². The van der Waals surface area contributed by atoms with Crippen LogP contribution in [0.15, 0.2) is 30.3 Å². The van der Waals surface area contributed by atoms with Crippen molar-refractivity contribution in [1.82, 2.24) is 0 Å². The summed E-state index contributed by atoms with van der Waals surface area (Å²) in [4.78, 5) is 11.9. The van der Waals surface area contributed by atoms with E-state index in [9.17, 15) is 25.2 Å². The lowest BCUT2D eigenvalue weighted by atomic mass is 9.92. The van der Waals surface area contributed by atoms with Crippen LogP contribution >= 0.6 is 0 Å². The Bertz CT molecular complexity index is 552. The van der Waals surface area contributed by atoms with Crippen LogP contribution in [0.5, 0.6) is 5.75 Å². The Balaban J connectivity index is 1.97. The van der Waals surface area contributed by atoms with E-state index in [0.717, 1.165) is 0 Å². The smallest absolute Gasteiger partial charge is 0.158 e. The molecule has 1 saturated heterocycles. The fraction of sp³-hybridized carbons (Fsp3) is 0.438. The Kier molecular flexibility index (Phi) is 5.86. The number of aliphatic hydroxyl groups is 4. The van der Waals surface area contributed by atoms with Crippen LogP contribution in [0.1, 0.15) is 12.0 Å². The molecule has 0 saturated carbocycles. The Morgan fingerprint density at radius 3 is 2.26 bits per heavy atom. The predicted molar refractivity (Wildman–Crippen MR) is 80.5 cm³/mol. The normalized spacial score (nSPS) is 31.4. The molecule has 1 aliphatic heterocycles. The quantitative estimate of drug-likeness (QED) is 0.449. The first-order valence-electron chi connectivity index (χ1n) is 7.23. The summed E-state index contributed by atoms with van der Waals surface area (Å²) < 4.78 is 5.27. The number of phenolic OH excluding ortho intramolecular Hbond substituents is 1. The average Bonchev–Trinajstić information content (AvgIpc) is 2.55. The van der Waals surface area contributed by atoms with Gasteiger partial charge in [0.05, 0.1) is 12.7 Å². The highest BCUT2D eigenvalue weighted by Gasteiger charge is 2.43. The molecule has 1 heterocycles. The number of ketones is 1. The molecule has 1 fully saturated rings. The minimum Gasteiger partial charge on any atom is -0.508 e. The van der Waals surface area contributed by atoms with Gasteiger partial charge in [-0.2, -0.15) is 0 Å². The topological polar surface area (TPSA) is 127 Å². The summed E-state index contributed by atoms with van der Waals surface area (Å²) in [5.74, 6) is -0.225. The molecule has 1 aromatic rings. The highest BCUT2D eigenvalue weighted by molar-refractivity contribution is 5.93. The maximum Gasteiger partial charge on any atom is 0.158 e. The monoisotopic (exact) mass is 324 g/mol. The molecule has 7 nitrogen and oxygen atoms in total. The molecule has 3 unspecified atom stereocenters. The van der Waals surface area contributed by atoms with Gasteiger partial charge in [0.25, 0.3) is 0 Å². The van der Waals surface area contributed by atoms with Gasteiger partial charge in [-0.05, 0) is 23.8 Å². The van der Waals surface area contributed by atoms with E-state index in [4.69, 9.17) is 9.84 Å². The first-order valence-corrected chi connectivity index (χ1v) is 7.23. The number of phenols is 1. The van der Waals surface area contributed by atoms with E-state index in [2.05, 4.69) is 0 Å². The first-order chi connectivity index (χ1) is 10.9. The lowest BCUT2D eigenvalue weighted by Gasteiger charge is -2.39. The molecule has 1 aliphatic rings. The number of hydrogen-bond donors (Lipinski definition) is 5. The number of hydrogen-bond acceptors (Lipinski definition) is 7. The van der Waals surface area contributed by atoms with Crippen LogP contribution in [0.4, 0.5) is 0 Å². The summed E-state index contributed by atoms with van der Waals surface area (Å²) in [5.41, 5.74) is 0.713. The molecule has 0 aliphatic carbocycles. The standard InChI is InChI=1S/C16H20O7/c17-8-13-15(21)16(22)14(20)12(23-13)7-11(19)6-3-9-1-4-10(18)5-2-9/h1-6,12-18,20-22H,7-8H2/b6-3+/t12?,13?,14-,15?,16-/m1/s1. The second kappa shape index (κ2) is 7.67. The van der Waals surface area contributed by atoms with Crippen molar-refractivity contribution in [2.75, 3.05) is 6.61 Å². The van der Waals surface area contributed by atoms with Crippen LogP contribution in [-0.4, -0.2) is 68.4 Å². The lowest BCUT2D eigenvalue weighted by Crippen LogP contribution is -2.58. The minimum atomic E-state index is -1.49. The number of benzene rings is 1. The van der Waals surface area contributed by atoms with E-state index >= 15 is 0 Å². The lowest BCUT2D eigenvalue weighted by molar-refractivity contribution is -0.229. The molecular weight excluding hydrogens is 304 g/mol. The van der Waals surface area contributed by atoms with Gasteiger partial charge in [0.15, 0.2) is 5.78 Å². The van der Waals surface area contributed by atoms with E-state index in [1.807, 2.05) is 0 Å². The van der Waals surface area contributed by atoms with E-state index in [-0.39, 0.29) is 18.0 Å². The summed E-state index contributed by atoms with van der Waals surface area (Å²) in [6, 6.07) is 6.24. The van der Waals surface area contributed by atoms with Crippen molar-refractivity contribution in [2.45, 2.75) is 36.9 Å². The van der Waals surface area contributed by atoms with Crippen molar-refractivity contribution in [1.29, 1.82) is 0 Å². The van der Waals surface area contributed by atoms with Crippen LogP contribution in [-0.2, 0) is 9.53 Å². The summed E-state index contributed by atoms with van der Waals surface area (Å²) in [6.45, 7) is -0.529. The van der Waals surface area contributed by atoms with Crippen molar-refractivity contribution in [3.8, 4) is 5.75 Å². The van der Waals surface area contributed by atoms with E-state index < -0.39 is 37.1 Å². The van der Waals surface area contributed by atoms with Gasteiger partial charge < -0.3 is 30.3 Å². The van der Waals surface area contributed by atoms with Crippen molar-refractivity contribution < 1.29 is 35.1 Å². The van der Waals surface area contributed by atoms with Crippen LogP contribution in [0.3, 0.4) is 0 Å². The van der Waals surface area contributed by atoms with E-state index in [0.29, 0.717) is 5.56 Å².